The first kappa shape index (κ1) is 13.5. The van der Waals surface area contributed by atoms with Gasteiger partial charge >= 0.3 is 0 Å². The number of carbonyl (C=O) groups excluding carboxylic acids is 1. The first-order valence-corrected chi connectivity index (χ1v) is 8.32. The van der Waals surface area contributed by atoms with Crippen molar-refractivity contribution in [3.05, 3.63) is 52.7 Å². The van der Waals surface area contributed by atoms with E-state index < -0.39 is 0 Å². The normalized spacial score (nSPS) is 18.2. The molecule has 1 saturated heterocycles. The predicted molar refractivity (Wildman–Crippen MR) is 86.1 cm³/mol. The number of benzene rings is 1. The molecule has 5 heteroatoms. The van der Waals surface area contributed by atoms with Crippen LogP contribution in [-0.4, -0.2) is 22.5 Å². The van der Waals surface area contributed by atoms with Crippen LogP contribution in [0, 0.1) is 6.92 Å². The molecule has 0 N–H and O–H groups in total. The smallest absolute Gasteiger partial charge is 0.254 e. The number of rotatable bonds is 2. The zero-order valence-corrected chi connectivity index (χ0v) is 13.1. The molecule has 1 atom stereocenters. The number of amides is 1. The van der Waals surface area contributed by atoms with Crippen molar-refractivity contribution in [2.24, 2.45) is 0 Å². The highest BCUT2D eigenvalue weighted by Crippen LogP contribution is 2.34. The highest BCUT2D eigenvalue weighted by Gasteiger charge is 2.33. The standard InChI is InChI=1S/C17H16N2O2S/c1-11-9-15(21-18-11)14-3-2-7-19(14)17(20)13-4-5-16-12(10-13)6-8-22-16/h4-6,8-10,14H,2-3,7H2,1H3/t14-/m1/s1. The molecule has 4 rings (SSSR count). The summed E-state index contributed by atoms with van der Waals surface area (Å²) in [4.78, 5) is 14.8. The third-order valence-corrected chi connectivity index (χ3v) is 5.09. The molecular formula is C17H16N2O2S. The monoisotopic (exact) mass is 312 g/mol. The van der Waals surface area contributed by atoms with E-state index in [9.17, 15) is 4.79 Å². The van der Waals surface area contributed by atoms with E-state index in [0.29, 0.717) is 0 Å². The molecule has 112 valence electrons. The predicted octanol–water partition coefficient (Wildman–Crippen LogP) is 4.18. The molecule has 1 fully saturated rings. The molecule has 1 amide bonds. The van der Waals surface area contributed by atoms with E-state index in [2.05, 4.69) is 16.6 Å². The number of nitrogens with zero attached hydrogens (tertiary/aromatic N) is 2. The Balaban J connectivity index is 1.65. The fraction of sp³-hybridized carbons (Fsp3) is 0.294. The van der Waals surface area contributed by atoms with Crippen molar-refractivity contribution in [1.82, 2.24) is 10.1 Å². The fourth-order valence-corrected chi connectivity index (χ4v) is 3.88. The zero-order valence-electron chi connectivity index (χ0n) is 12.3. The van der Waals surface area contributed by atoms with Gasteiger partial charge in [0.15, 0.2) is 5.76 Å². The molecule has 1 aliphatic heterocycles. The van der Waals surface area contributed by atoms with E-state index in [1.165, 1.54) is 4.70 Å². The minimum atomic E-state index is 0.00636. The Morgan fingerprint density at radius 3 is 3.09 bits per heavy atom. The van der Waals surface area contributed by atoms with Gasteiger partial charge in [-0.25, -0.2) is 0 Å². The molecule has 3 aromatic rings. The lowest BCUT2D eigenvalue weighted by Crippen LogP contribution is -2.30. The molecule has 2 aromatic heterocycles. The first-order chi connectivity index (χ1) is 10.7. The summed E-state index contributed by atoms with van der Waals surface area (Å²) in [6, 6.07) is 9.91. The fourth-order valence-electron chi connectivity index (χ4n) is 3.11. The number of hydrogen-bond acceptors (Lipinski definition) is 4. The Labute approximate surface area is 132 Å². The van der Waals surface area contributed by atoms with Gasteiger partial charge in [-0.3, -0.25) is 4.79 Å². The SMILES string of the molecule is Cc1cc([C@H]2CCCN2C(=O)c2ccc3sccc3c2)on1. The maximum absolute atomic E-state index is 12.9. The topological polar surface area (TPSA) is 46.3 Å². The highest BCUT2D eigenvalue weighted by atomic mass is 32.1. The van der Waals surface area contributed by atoms with Crippen molar-refractivity contribution < 1.29 is 9.32 Å². The summed E-state index contributed by atoms with van der Waals surface area (Å²) < 4.78 is 6.59. The number of thiophene rings is 1. The van der Waals surface area contributed by atoms with Gasteiger partial charge in [-0.15, -0.1) is 11.3 Å². The van der Waals surface area contributed by atoms with Gasteiger partial charge in [-0.2, -0.15) is 0 Å². The molecule has 0 unspecified atom stereocenters. The van der Waals surface area contributed by atoms with Crippen LogP contribution in [0.15, 0.2) is 40.2 Å². The molecular weight excluding hydrogens is 296 g/mol. The van der Waals surface area contributed by atoms with Gasteiger partial charge in [0.05, 0.1) is 11.7 Å². The third-order valence-electron chi connectivity index (χ3n) is 4.19. The van der Waals surface area contributed by atoms with E-state index in [1.807, 2.05) is 36.1 Å². The van der Waals surface area contributed by atoms with Crippen molar-refractivity contribution in [3.8, 4) is 0 Å². The second-order valence-corrected chi connectivity index (χ2v) is 6.65. The summed E-state index contributed by atoms with van der Waals surface area (Å²) in [6.45, 7) is 2.67. The van der Waals surface area contributed by atoms with Crippen LogP contribution in [0.1, 0.15) is 40.7 Å². The van der Waals surface area contributed by atoms with Gasteiger partial charge in [0, 0.05) is 22.9 Å². The Morgan fingerprint density at radius 2 is 2.27 bits per heavy atom. The number of likely N-dealkylation sites (tertiary alicyclic amines) is 1. The second kappa shape index (κ2) is 5.25. The van der Waals surface area contributed by atoms with Crippen molar-refractivity contribution in [2.75, 3.05) is 6.54 Å². The molecule has 0 bridgehead atoms. The van der Waals surface area contributed by atoms with E-state index in [-0.39, 0.29) is 11.9 Å². The van der Waals surface area contributed by atoms with Crippen LogP contribution in [0.2, 0.25) is 0 Å². The van der Waals surface area contributed by atoms with Gasteiger partial charge in [-0.05, 0) is 54.8 Å². The molecule has 0 spiro atoms. The van der Waals surface area contributed by atoms with E-state index in [0.717, 1.165) is 41.8 Å². The van der Waals surface area contributed by atoms with Crippen LogP contribution in [-0.2, 0) is 0 Å². The zero-order chi connectivity index (χ0) is 15.1. The summed E-state index contributed by atoms with van der Waals surface area (Å²) >= 11 is 1.69. The van der Waals surface area contributed by atoms with Crippen LogP contribution in [0.4, 0.5) is 0 Å². The van der Waals surface area contributed by atoms with Crippen LogP contribution in [0.25, 0.3) is 10.1 Å². The van der Waals surface area contributed by atoms with Crippen molar-refractivity contribution in [3.63, 3.8) is 0 Å². The van der Waals surface area contributed by atoms with Crippen molar-refractivity contribution in [1.29, 1.82) is 0 Å². The van der Waals surface area contributed by atoms with Crippen molar-refractivity contribution >= 4 is 27.3 Å². The van der Waals surface area contributed by atoms with Gasteiger partial charge in [0.25, 0.3) is 5.91 Å². The number of carbonyl (C=O) groups is 1. The lowest BCUT2D eigenvalue weighted by molar-refractivity contribution is 0.0715. The van der Waals surface area contributed by atoms with E-state index in [4.69, 9.17) is 4.52 Å². The Bertz CT molecular complexity index is 836. The molecule has 1 aromatic carbocycles. The number of aromatic nitrogens is 1. The maximum Gasteiger partial charge on any atom is 0.254 e. The summed E-state index contributed by atoms with van der Waals surface area (Å²) in [5.41, 5.74) is 1.60. The lowest BCUT2D eigenvalue weighted by Gasteiger charge is -2.22. The molecule has 1 aliphatic rings. The Kier molecular flexibility index (Phi) is 3.22. The molecule has 22 heavy (non-hydrogen) atoms. The van der Waals surface area contributed by atoms with Crippen LogP contribution < -0.4 is 0 Å². The quantitative estimate of drug-likeness (QED) is 0.713. The largest absolute Gasteiger partial charge is 0.359 e. The van der Waals surface area contributed by atoms with Crippen molar-refractivity contribution in [2.45, 2.75) is 25.8 Å². The van der Waals surface area contributed by atoms with E-state index in [1.54, 1.807) is 11.3 Å². The molecule has 4 nitrogen and oxygen atoms in total. The van der Waals surface area contributed by atoms with Gasteiger partial charge in [-0.1, -0.05) is 5.16 Å². The average molecular weight is 312 g/mol. The Morgan fingerprint density at radius 1 is 1.36 bits per heavy atom. The lowest BCUT2D eigenvalue weighted by atomic mass is 10.1. The second-order valence-electron chi connectivity index (χ2n) is 5.70. The van der Waals surface area contributed by atoms with E-state index >= 15 is 0 Å². The molecule has 0 radical (unpaired) electrons. The van der Waals surface area contributed by atoms with Crippen LogP contribution in [0.5, 0.6) is 0 Å². The summed E-state index contributed by atoms with van der Waals surface area (Å²) in [7, 11) is 0. The molecule has 0 saturated carbocycles. The van der Waals surface area contributed by atoms with Gasteiger partial charge in [0.2, 0.25) is 0 Å². The minimum Gasteiger partial charge on any atom is -0.359 e. The highest BCUT2D eigenvalue weighted by molar-refractivity contribution is 7.17. The summed E-state index contributed by atoms with van der Waals surface area (Å²) in [5.74, 6) is 0.865. The van der Waals surface area contributed by atoms with Gasteiger partial charge in [0.1, 0.15) is 0 Å². The van der Waals surface area contributed by atoms with Crippen LogP contribution >= 0.6 is 11.3 Å². The number of aryl methyl sites for hydroxylation is 1. The number of hydrogen-bond donors (Lipinski definition) is 0. The summed E-state index contributed by atoms with van der Waals surface area (Å²) in [6.07, 6.45) is 1.93. The number of fused-ring (bicyclic) bond motifs is 1. The maximum atomic E-state index is 12.9. The van der Waals surface area contributed by atoms with Gasteiger partial charge < -0.3 is 9.42 Å². The average Bonchev–Trinajstić information content (AvgIpc) is 3.25. The van der Waals surface area contributed by atoms with Crippen LogP contribution in [0.3, 0.4) is 0 Å². The first-order valence-electron chi connectivity index (χ1n) is 7.44. The Hall–Kier alpha value is -2.14. The molecule has 0 aliphatic carbocycles. The molecule has 3 heterocycles. The summed E-state index contributed by atoms with van der Waals surface area (Å²) in [5, 5.41) is 7.13. The third kappa shape index (κ3) is 2.22. The minimum absolute atomic E-state index is 0.00636.